The molecule has 0 aliphatic carbocycles. The monoisotopic (exact) mass is 449 g/mol. The molecule has 0 bridgehead atoms. The molecule has 0 aromatic heterocycles. The lowest BCUT2D eigenvalue weighted by Gasteiger charge is -2.43. The fourth-order valence-corrected chi connectivity index (χ4v) is 5.22. The van der Waals surface area contributed by atoms with E-state index in [1.165, 1.54) is 0 Å². The van der Waals surface area contributed by atoms with Crippen molar-refractivity contribution < 1.29 is 14.7 Å². The smallest absolute Gasteiger partial charge is 0.229 e. The Hall–Kier alpha value is -2.70. The van der Waals surface area contributed by atoms with Gasteiger partial charge in [0, 0.05) is 44.7 Å². The van der Waals surface area contributed by atoms with Crippen molar-refractivity contribution in [3.63, 3.8) is 0 Å². The minimum Gasteiger partial charge on any atom is -0.387 e. The second-order valence-corrected chi connectivity index (χ2v) is 9.73. The fourth-order valence-electron chi connectivity index (χ4n) is 5.22. The number of nitrogens with zero attached hydrogens (tertiary/aromatic N) is 2. The van der Waals surface area contributed by atoms with Gasteiger partial charge < -0.3 is 20.2 Å². The van der Waals surface area contributed by atoms with E-state index in [9.17, 15) is 14.7 Å². The maximum absolute atomic E-state index is 12.5. The standard InChI is InChI=1S/C27H35N3O3/c1-19(2)26(33)30-14-11-21-17-22(9-10-24(21)30)25(32)18-29-15-12-27(13-16-29,28-20(3)31)23-7-5-4-6-8-23/h4-10,17,19,25,32H,11-16,18H2,1-3H3,(H,28,31). The molecule has 176 valence electrons. The van der Waals surface area contributed by atoms with E-state index in [-0.39, 0.29) is 23.3 Å². The second-order valence-electron chi connectivity index (χ2n) is 9.73. The number of likely N-dealkylation sites (tertiary alicyclic amines) is 1. The third-order valence-electron chi connectivity index (χ3n) is 7.03. The van der Waals surface area contributed by atoms with Crippen LogP contribution in [0.4, 0.5) is 5.69 Å². The summed E-state index contributed by atoms with van der Waals surface area (Å²) in [4.78, 5) is 28.5. The summed E-state index contributed by atoms with van der Waals surface area (Å²) in [6.45, 7) is 8.29. The molecule has 2 aliphatic rings. The maximum Gasteiger partial charge on any atom is 0.229 e. The largest absolute Gasteiger partial charge is 0.387 e. The highest BCUT2D eigenvalue weighted by Crippen LogP contribution is 2.35. The molecule has 4 rings (SSSR count). The molecule has 0 saturated carbocycles. The lowest BCUT2D eigenvalue weighted by atomic mass is 9.80. The zero-order chi connectivity index (χ0) is 23.6. The van der Waals surface area contributed by atoms with Crippen molar-refractivity contribution in [3.8, 4) is 0 Å². The molecular weight excluding hydrogens is 414 g/mol. The minimum absolute atomic E-state index is 0.0181. The number of amides is 2. The molecule has 2 aromatic carbocycles. The molecule has 33 heavy (non-hydrogen) atoms. The van der Waals surface area contributed by atoms with Gasteiger partial charge in [-0.1, -0.05) is 56.3 Å². The Morgan fingerprint density at radius 3 is 2.39 bits per heavy atom. The van der Waals surface area contributed by atoms with Crippen LogP contribution in [0.5, 0.6) is 0 Å². The first-order chi connectivity index (χ1) is 15.8. The summed E-state index contributed by atoms with van der Waals surface area (Å²) >= 11 is 0. The normalized spacial score (nSPS) is 18.8. The van der Waals surface area contributed by atoms with Crippen LogP contribution < -0.4 is 10.2 Å². The minimum atomic E-state index is -0.588. The molecule has 0 spiro atoms. The van der Waals surface area contributed by atoms with E-state index in [0.29, 0.717) is 13.1 Å². The van der Waals surface area contributed by atoms with E-state index in [0.717, 1.165) is 54.7 Å². The quantitative estimate of drug-likeness (QED) is 0.709. The Morgan fingerprint density at radius 1 is 1.06 bits per heavy atom. The van der Waals surface area contributed by atoms with Gasteiger partial charge in [-0.3, -0.25) is 9.59 Å². The second kappa shape index (κ2) is 9.65. The van der Waals surface area contributed by atoms with Crippen LogP contribution in [-0.4, -0.2) is 48.0 Å². The van der Waals surface area contributed by atoms with Crippen molar-refractivity contribution in [2.45, 2.75) is 51.7 Å². The number of aliphatic hydroxyl groups excluding tert-OH is 1. The van der Waals surface area contributed by atoms with Crippen LogP contribution in [0, 0.1) is 5.92 Å². The molecule has 2 aromatic rings. The fraction of sp³-hybridized carbons (Fsp3) is 0.481. The predicted molar refractivity (Wildman–Crippen MR) is 130 cm³/mol. The highest BCUT2D eigenvalue weighted by atomic mass is 16.3. The Morgan fingerprint density at radius 2 is 1.76 bits per heavy atom. The highest BCUT2D eigenvalue weighted by molar-refractivity contribution is 5.96. The van der Waals surface area contributed by atoms with E-state index in [1.54, 1.807) is 6.92 Å². The molecular formula is C27H35N3O3. The van der Waals surface area contributed by atoms with Crippen LogP contribution in [-0.2, 0) is 21.5 Å². The number of nitrogens with one attached hydrogen (secondary N) is 1. The summed E-state index contributed by atoms with van der Waals surface area (Å²) in [6.07, 6.45) is 1.85. The number of fused-ring (bicyclic) bond motifs is 1. The van der Waals surface area contributed by atoms with E-state index < -0.39 is 6.10 Å². The molecule has 1 saturated heterocycles. The summed E-state index contributed by atoms with van der Waals surface area (Å²) in [5, 5.41) is 14.2. The number of piperidine rings is 1. The third kappa shape index (κ3) is 4.97. The molecule has 1 atom stereocenters. The van der Waals surface area contributed by atoms with Gasteiger partial charge in [0.25, 0.3) is 0 Å². The zero-order valence-corrected chi connectivity index (χ0v) is 19.9. The first kappa shape index (κ1) is 23.5. The van der Waals surface area contributed by atoms with Gasteiger partial charge in [-0.05, 0) is 42.0 Å². The maximum atomic E-state index is 12.5. The van der Waals surface area contributed by atoms with Crippen LogP contribution in [0.1, 0.15) is 56.4 Å². The summed E-state index contributed by atoms with van der Waals surface area (Å²) < 4.78 is 0. The number of anilines is 1. The molecule has 6 nitrogen and oxygen atoms in total. The summed E-state index contributed by atoms with van der Waals surface area (Å²) in [5.41, 5.74) is 3.79. The number of hydrogen-bond acceptors (Lipinski definition) is 4. The number of aliphatic hydroxyl groups is 1. The van der Waals surface area contributed by atoms with E-state index in [2.05, 4.69) is 28.4 Å². The van der Waals surface area contributed by atoms with Gasteiger partial charge in [-0.2, -0.15) is 0 Å². The Bertz CT molecular complexity index is 997. The molecule has 0 radical (unpaired) electrons. The topological polar surface area (TPSA) is 72.9 Å². The lowest BCUT2D eigenvalue weighted by molar-refractivity contribution is -0.122. The van der Waals surface area contributed by atoms with E-state index in [4.69, 9.17) is 0 Å². The van der Waals surface area contributed by atoms with Crippen LogP contribution in [0.15, 0.2) is 48.5 Å². The third-order valence-corrected chi connectivity index (χ3v) is 7.03. The Labute approximate surface area is 196 Å². The molecule has 2 aliphatic heterocycles. The van der Waals surface area contributed by atoms with Crippen molar-refractivity contribution in [2.75, 3.05) is 31.1 Å². The van der Waals surface area contributed by atoms with Crippen molar-refractivity contribution in [3.05, 3.63) is 65.2 Å². The van der Waals surface area contributed by atoms with Gasteiger partial charge in [0.1, 0.15) is 0 Å². The van der Waals surface area contributed by atoms with Gasteiger partial charge in [0.15, 0.2) is 0 Å². The number of hydrogen-bond donors (Lipinski definition) is 2. The average Bonchev–Trinajstić information content (AvgIpc) is 3.23. The van der Waals surface area contributed by atoms with Gasteiger partial charge >= 0.3 is 0 Å². The van der Waals surface area contributed by atoms with Crippen molar-refractivity contribution in [1.82, 2.24) is 10.2 Å². The predicted octanol–water partition coefficient (Wildman–Crippen LogP) is 3.39. The van der Waals surface area contributed by atoms with E-state index >= 15 is 0 Å². The summed E-state index contributed by atoms with van der Waals surface area (Å²) in [5.74, 6) is 0.104. The molecule has 2 N–H and O–H groups in total. The first-order valence-electron chi connectivity index (χ1n) is 12.0. The van der Waals surface area contributed by atoms with Gasteiger partial charge in [-0.15, -0.1) is 0 Å². The van der Waals surface area contributed by atoms with Crippen LogP contribution >= 0.6 is 0 Å². The van der Waals surface area contributed by atoms with Crippen molar-refractivity contribution >= 4 is 17.5 Å². The van der Waals surface area contributed by atoms with Gasteiger partial charge in [0.05, 0.1) is 11.6 Å². The Balaban J connectivity index is 1.41. The van der Waals surface area contributed by atoms with Crippen molar-refractivity contribution in [1.29, 1.82) is 0 Å². The molecule has 2 amide bonds. The lowest BCUT2D eigenvalue weighted by Crippen LogP contribution is -2.53. The molecule has 6 heteroatoms. The number of carbonyl (C=O) groups is 2. The van der Waals surface area contributed by atoms with Gasteiger partial charge in [-0.25, -0.2) is 0 Å². The number of rotatable bonds is 6. The van der Waals surface area contributed by atoms with Crippen LogP contribution in [0.2, 0.25) is 0 Å². The summed E-state index contributed by atoms with van der Waals surface area (Å²) in [6, 6.07) is 16.2. The zero-order valence-electron chi connectivity index (χ0n) is 19.9. The first-order valence-corrected chi connectivity index (χ1v) is 12.0. The SMILES string of the molecule is CC(=O)NC1(c2ccccc2)CCN(CC(O)c2ccc3c(c2)CCN3C(=O)C(C)C)CC1. The highest BCUT2D eigenvalue weighted by Gasteiger charge is 2.37. The molecule has 1 unspecified atom stereocenters. The van der Waals surface area contributed by atoms with Gasteiger partial charge in [0.2, 0.25) is 11.8 Å². The molecule has 2 heterocycles. The van der Waals surface area contributed by atoms with E-state index in [1.807, 2.05) is 49.1 Å². The number of carbonyl (C=O) groups excluding carboxylic acids is 2. The average molecular weight is 450 g/mol. The van der Waals surface area contributed by atoms with Crippen molar-refractivity contribution in [2.24, 2.45) is 5.92 Å². The molecule has 1 fully saturated rings. The Kier molecular flexibility index (Phi) is 6.86. The number of β-amino-alcohol motifs (C(OH)–C–C–N with tert-alkyl or cyclic N) is 1. The summed E-state index contributed by atoms with van der Waals surface area (Å²) in [7, 11) is 0. The van der Waals surface area contributed by atoms with Crippen LogP contribution in [0.3, 0.4) is 0 Å². The number of benzene rings is 2. The van der Waals surface area contributed by atoms with Crippen LogP contribution in [0.25, 0.3) is 0 Å².